The molecule has 186 valence electrons. The molecule has 0 aliphatic carbocycles. The number of ether oxygens (including phenoxy) is 1. The number of benzene rings is 1. The van der Waals surface area contributed by atoms with Gasteiger partial charge in [-0.2, -0.15) is 10.4 Å². The van der Waals surface area contributed by atoms with Crippen molar-refractivity contribution in [1.29, 1.82) is 5.26 Å². The van der Waals surface area contributed by atoms with Crippen molar-refractivity contribution in [2.75, 3.05) is 29.5 Å². The van der Waals surface area contributed by atoms with Gasteiger partial charge in [-0.1, -0.05) is 12.1 Å². The average molecular weight is 485 g/mol. The van der Waals surface area contributed by atoms with Gasteiger partial charge in [0.25, 0.3) is 0 Å². The number of pyridine rings is 1. The highest BCUT2D eigenvalue weighted by Crippen LogP contribution is 2.28. The second-order valence-corrected chi connectivity index (χ2v) is 8.54. The van der Waals surface area contributed by atoms with E-state index in [9.17, 15) is 5.26 Å². The molecule has 0 aliphatic heterocycles. The zero-order chi connectivity index (χ0) is 25.7. The maximum atomic E-state index is 9.18. The van der Waals surface area contributed by atoms with E-state index in [-0.39, 0.29) is 0 Å². The molecule has 0 spiro atoms. The minimum Gasteiger partial charge on any atom is -0.491 e. The number of nitriles is 1. The third-order valence-corrected chi connectivity index (χ3v) is 6.14. The molecule has 36 heavy (non-hydrogen) atoms. The molecule has 3 heterocycles. The first-order valence-corrected chi connectivity index (χ1v) is 12.2. The molecule has 0 amide bonds. The summed E-state index contributed by atoms with van der Waals surface area (Å²) in [4.78, 5) is 18.7. The molecule has 0 fully saturated rings. The quantitative estimate of drug-likeness (QED) is 0.327. The van der Waals surface area contributed by atoms with Gasteiger partial charge >= 0.3 is 0 Å². The predicted molar refractivity (Wildman–Crippen MR) is 141 cm³/mol. The maximum absolute atomic E-state index is 9.18. The van der Waals surface area contributed by atoms with Crippen molar-refractivity contribution in [2.45, 2.75) is 40.8 Å². The Labute approximate surface area is 212 Å². The topological polar surface area (TPSA) is 96.0 Å². The number of fused-ring (bicyclic) bond motifs is 1. The van der Waals surface area contributed by atoms with Crippen molar-refractivity contribution >= 4 is 22.8 Å². The fraction of sp³-hybridized carbons (Fsp3) is 0.370. The predicted octanol–water partition coefficient (Wildman–Crippen LogP) is 4.39. The number of hydrogen-bond donors (Lipinski definition) is 0. The first-order valence-electron chi connectivity index (χ1n) is 12.2. The Kier molecular flexibility index (Phi) is 7.64. The molecule has 0 atom stereocenters. The van der Waals surface area contributed by atoms with E-state index in [0.717, 1.165) is 46.8 Å². The summed E-state index contributed by atoms with van der Waals surface area (Å²) in [5, 5.41) is 14.8. The van der Waals surface area contributed by atoms with Gasteiger partial charge in [-0.3, -0.25) is 4.68 Å². The third-order valence-electron chi connectivity index (χ3n) is 6.14. The molecule has 0 saturated carbocycles. The molecule has 1 aromatic carbocycles. The summed E-state index contributed by atoms with van der Waals surface area (Å²) < 4.78 is 7.38. The van der Waals surface area contributed by atoms with Crippen molar-refractivity contribution in [2.24, 2.45) is 7.05 Å². The van der Waals surface area contributed by atoms with E-state index in [4.69, 9.17) is 9.72 Å². The van der Waals surface area contributed by atoms with Crippen LogP contribution in [0.3, 0.4) is 0 Å². The van der Waals surface area contributed by atoms with Gasteiger partial charge in [-0.25, -0.2) is 15.0 Å². The number of anilines is 2. The normalized spacial score (nSPS) is 10.9. The van der Waals surface area contributed by atoms with E-state index in [1.807, 2.05) is 49.8 Å². The van der Waals surface area contributed by atoms with Crippen molar-refractivity contribution in [3.05, 3.63) is 65.1 Å². The van der Waals surface area contributed by atoms with Gasteiger partial charge in [0.2, 0.25) is 5.95 Å². The Hall–Kier alpha value is -4.19. The summed E-state index contributed by atoms with van der Waals surface area (Å²) in [5.41, 5.74) is 4.58. The first-order chi connectivity index (χ1) is 17.5. The molecule has 0 N–H and O–H groups in total. The number of aromatic nitrogens is 5. The van der Waals surface area contributed by atoms with E-state index in [1.165, 1.54) is 0 Å². The van der Waals surface area contributed by atoms with Crippen LogP contribution in [0.1, 0.15) is 43.2 Å². The Morgan fingerprint density at radius 1 is 1.00 bits per heavy atom. The van der Waals surface area contributed by atoms with Gasteiger partial charge in [0.1, 0.15) is 5.82 Å². The number of hydrogen-bond acceptors (Lipinski definition) is 8. The molecule has 3 aromatic heterocycles. The number of rotatable bonds is 10. The minimum absolute atomic E-state index is 0.553. The van der Waals surface area contributed by atoms with E-state index in [0.29, 0.717) is 37.0 Å². The minimum atomic E-state index is 0.553. The smallest absolute Gasteiger partial charge is 0.226 e. The van der Waals surface area contributed by atoms with Crippen LogP contribution in [0.15, 0.2) is 42.7 Å². The summed E-state index contributed by atoms with van der Waals surface area (Å²) in [5.74, 6) is 2.17. The van der Waals surface area contributed by atoms with Gasteiger partial charge in [-0.05, 0) is 51.5 Å². The van der Waals surface area contributed by atoms with E-state index < -0.39 is 0 Å². The lowest BCUT2D eigenvalue weighted by atomic mass is 10.1. The molecule has 4 rings (SSSR count). The molecule has 9 heteroatoms. The first kappa shape index (κ1) is 24.9. The highest BCUT2D eigenvalue weighted by atomic mass is 16.5. The van der Waals surface area contributed by atoms with Crippen molar-refractivity contribution in [1.82, 2.24) is 24.7 Å². The molecule has 0 unspecified atom stereocenters. The van der Waals surface area contributed by atoms with Gasteiger partial charge < -0.3 is 14.5 Å². The summed E-state index contributed by atoms with van der Waals surface area (Å²) in [6.45, 7) is 11.6. The summed E-state index contributed by atoms with van der Waals surface area (Å²) in [6, 6.07) is 12.0. The van der Waals surface area contributed by atoms with Crippen LogP contribution >= 0.6 is 0 Å². The van der Waals surface area contributed by atoms with Crippen LogP contribution in [0, 0.1) is 18.3 Å². The van der Waals surface area contributed by atoms with Gasteiger partial charge in [0.15, 0.2) is 11.4 Å². The van der Waals surface area contributed by atoms with Crippen LogP contribution in [0.25, 0.3) is 11.0 Å². The zero-order valence-electron chi connectivity index (χ0n) is 21.6. The summed E-state index contributed by atoms with van der Waals surface area (Å²) in [7, 11) is 1.93. The Morgan fingerprint density at radius 2 is 1.69 bits per heavy atom. The van der Waals surface area contributed by atoms with Gasteiger partial charge in [0.05, 0.1) is 36.3 Å². The molecule has 0 radical (unpaired) electrons. The average Bonchev–Trinajstić information content (AvgIpc) is 3.17. The van der Waals surface area contributed by atoms with E-state index >= 15 is 0 Å². The third kappa shape index (κ3) is 5.23. The van der Waals surface area contributed by atoms with E-state index in [2.05, 4.69) is 50.8 Å². The van der Waals surface area contributed by atoms with Crippen LogP contribution in [0.2, 0.25) is 0 Å². The highest BCUT2D eigenvalue weighted by Gasteiger charge is 2.20. The monoisotopic (exact) mass is 484 g/mol. The molecule has 0 aliphatic rings. The van der Waals surface area contributed by atoms with Crippen molar-refractivity contribution in [3.8, 4) is 11.8 Å². The van der Waals surface area contributed by atoms with Crippen LogP contribution in [0.4, 0.5) is 11.8 Å². The molecule has 0 bridgehead atoms. The second-order valence-electron chi connectivity index (χ2n) is 8.54. The highest BCUT2D eigenvalue weighted by molar-refractivity contribution is 5.81. The number of aryl methyl sites for hydroxylation is 2. The Morgan fingerprint density at radius 3 is 2.31 bits per heavy atom. The van der Waals surface area contributed by atoms with Crippen LogP contribution in [-0.2, 0) is 20.1 Å². The van der Waals surface area contributed by atoms with Crippen LogP contribution < -0.4 is 14.5 Å². The molecule has 0 saturated heterocycles. The fourth-order valence-corrected chi connectivity index (χ4v) is 4.31. The second kappa shape index (κ2) is 11.0. The summed E-state index contributed by atoms with van der Waals surface area (Å²) in [6.07, 6.45) is 3.41. The molecular weight excluding hydrogens is 452 g/mol. The Bertz CT molecular complexity index is 1350. The number of nitrogens with zero attached hydrogens (tertiary/aromatic N) is 8. The van der Waals surface area contributed by atoms with Crippen LogP contribution in [-0.4, -0.2) is 44.4 Å². The lowest BCUT2D eigenvalue weighted by Gasteiger charge is -2.27. The van der Waals surface area contributed by atoms with Crippen molar-refractivity contribution in [3.63, 3.8) is 0 Å². The van der Waals surface area contributed by atoms with Crippen molar-refractivity contribution < 1.29 is 4.74 Å². The standard InChI is InChI=1S/C27H32N8O/c1-6-34(7-2)25-22(13-24-19(4)32-33(5)26(24)31-25)18-35(17-21-11-9-20(14-28)10-12-21)27-29-15-23(16-30-27)36-8-3/h9-13,15-16H,6-8,17-18H2,1-5H3. The molecule has 4 aromatic rings. The maximum Gasteiger partial charge on any atom is 0.226 e. The fourth-order valence-electron chi connectivity index (χ4n) is 4.31. The zero-order valence-corrected chi connectivity index (χ0v) is 21.6. The summed E-state index contributed by atoms with van der Waals surface area (Å²) >= 11 is 0. The van der Waals surface area contributed by atoms with Crippen LogP contribution in [0.5, 0.6) is 5.75 Å². The van der Waals surface area contributed by atoms with Gasteiger partial charge in [0, 0.05) is 44.2 Å². The molecular formula is C27H32N8O. The van der Waals surface area contributed by atoms with E-state index in [1.54, 1.807) is 12.4 Å². The van der Waals surface area contributed by atoms with Gasteiger partial charge in [-0.15, -0.1) is 0 Å². The largest absolute Gasteiger partial charge is 0.491 e. The molecule has 9 nitrogen and oxygen atoms in total. The SMILES string of the molecule is CCOc1cnc(N(Cc2ccc(C#N)cc2)Cc2cc3c(C)nn(C)c3nc2N(CC)CC)nc1. The lowest BCUT2D eigenvalue weighted by molar-refractivity contribution is 0.337. The Balaban J connectivity index is 1.78. The lowest BCUT2D eigenvalue weighted by Crippen LogP contribution is -2.29.